The lowest BCUT2D eigenvalue weighted by atomic mass is 10.1. The average Bonchev–Trinajstić information content (AvgIpc) is 3.00. The highest BCUT2D eigenvalue weighted by molar-refractivity contribution is 5.91. The van der Waals surface area contributed by atoms with Crippen LogP contribution in [0.5, 0.6) is 0 Å². The quantitative estimate of drug-likeness (QED) is 0.809. The molecule has 2 aromatic carbocycles. The Kier molecular flexibility index (Phi) is 4.05. The SMILES string of the molecule is CN(C)C(=O)Nc1nn(-c2ccccc2)nc1-c1ccccc1. The smallest absolute Gasteiger partial charge is 0.322 e. The zero-order valence-corrected chi connectivity index (χ0v) is 13.0. The Hall–Kier alpha value is -3.15. The molecular weight excluding hydrogens is 290 g/mol. The molecule has 0 saturated carbocycles. The normalized spacial score (nSPS) is 10.3. The summed E-state index contributed by atoms with van der Waals surface area (Å²) in [5, 5.41) is 11.8. The third-order valence-corrected chi connectivity index (χ3v) is 3.28. The van der Waals surface area contributed by atoms with E-state index in [1.165, 1.54) is 9.70 Å². The highest BCUT2D eigenvalue weighted by atomic mass is 16.2. The van der Waals surface area contributed by atoms with Crippen molar-refractivity contribution in [3.8, 4) is 16.9 Å². The summed E-state index contributed by atoms with van der Waals surface area (Å²) < 4.78 is 0. The van der Waals surface area contributed by atoms with E-state index in [9.17, 15) is 4.79 Å². The Morgan fingerprint density at radius 3 is 2.17 bits per heavy atom. The summed E-state index contributed by atoms with van der Waals surface area (Å²) in [6, 6.07) is 19.0. The molecule has 0 spiro atoms. The van der Waals surface area contributed by atoms with Crippen molar-refractivity contribution >= 4 is 11.8 Å². The largest absolute Gasteiger partial charge is 0.331 e. The van der Waals surface area contributed by atoms with Gasteiger partial charge in [0.15, 0.2) is 5.82 Å². The number of hydrogen-bond acceptors (Lipinski definition) is 3. The first-order chi connectivity index (χ1) is 11.1. The molecule has 23 heavy (non-hydrogen) atoms. The van der Waals surface area contributed by atoms with Crippen molar-refractivity contribution < 1.29 is 4.79 Å². The maximum absolute atomic E-state index is 12.0. The molecule has 0 bridgehead atoms. The average molecular weight is 307 g/mol. The number of carbonyl (C=O) groups is 1. The van der Waals surface area contributed by atoms with E-state index < -0.39 is 0 Å². The molecule has 0 saturated heterocycles. The molecule has 1 aromatic heterocycles. The number of nitrogens with zero attached hydrogens (tertiary/aromatic N) is 4. The molecule has 1 heterocycles. The fourth-order valence-electron chi connectivity index (χ4n) is 2.07. The molecule has 0 aliphatic rings. The van der Waals surface area contributed by atoms with Crippen molar-refractivity contribution in [2.24, 2.45) is 0 Å². The summed E-state index contributed by atoms with van der Waals surface area (Å²) in [5.41, 5.74) is 2.35. The van der Waals surface area contributed by atoms with E-state index in [1.54, 1.807) is 14.1 Å². The summed E-state index contributed by atoms with van der Waals surface area (Å²) in [7, 11) is 3.36. The fourth-order valence-corrected chi connectivity index (χ4v) is 2.07. The summed E-state index contributed by atoms with van der Waals surface area (Å²) in [6.45, 7) is 0. The van der Waals surface area contributed by atoms with Gasteiger partial charge in [-0.1, -0.05) is 48.5 Å². The molecular formula is C17H17N5O. The van der Waals surface area contributed by atoms with Crippen LogP contribution in [0, 0.1) is 0 Å². The number of hydrogen-bond donors (Lipinski definition) is 1. The van der Waals surface area contributed by atoms with Gasteiger partial charge in [-0.3, -0.25) is 5.32 Å². The second kappa shape index (κ2) is 6.31. The summed E-state index contributed by atoms with van der Waals surface area (Å²) in [4.78, 5) is 15.0. The Morgan fingerprint density at radius 1 is 0.957 bits per heavy atom. The number of aromatic nitrogens is 3. The molecule has 0 radical (unpaired) electrons. The van der Waals surface area contributed by atoms with E-state index >= 15 is 0 Å². The van der Waals surface area contributed by atoms with E-state index in [-0.39, 0.29) is 6.03 Å². The van der Waals surface area contributed by atoms with Crippen LogP contribution in [0.2, 0.25) is 0 Å². The molecule has 0 unspecified atom stereocenters. The topological polar surface area (TPSA) is 63.1 Å². The molecule has 1 N–H and O–H groups in total. The minimum atomic E-state index is -0.248. The van der Waals surface area contributed by atoms with Crippen molar-refractivity contribution in [3.05, 3.63) is 60.7 Å². The molecule has 0 atom stereocenters. The minimum absolute atomic E-state index is 0.248. The van der Waals surface area contributed by atoms with Crippen molar-refractivity contribution in [1.82, 2.24) is 19.9 Å². The zero-order valence-electron chi connectivity index (χ0n) is 13.0. The highest BCUT2D eigenvalue weighted by Crippen LogP contribution is 2.25. The summed E-state index contributed by atoms with van der Waals surface area (Å²) >= 11 is 0. The Balaban J connectivity index is 2.05. The van der Waals surface area contributed by atoms with Crippen molar-refractivity contribution in [2.75, 3.05) is 19.4 Å². The van der Waals surface area contributed by atoms with Crippen LogP contribution >= 0.6 is 0 Å². The van der Waals surface area contributed by atoms with Crippen LogP contribution in [-0.2, 0) is 0 Å². The molecule has 0 aliphatic carbocycles. The number of urea groups is 1. The van der Waals surface area contributed by atoms with Gasteiger partial charge in [0.1, 0.15) is 5.69 Å². The first-order valence-corrected chi connectivity index (χ1v) is 7.21. The number of benzene rings is 2. The van der Waals surface area contributed by atoms with Gasteiger partial charge in [-0.25, -0.2) is 4.79 Å². The molecule has 116 valence electrons. The number of rotatable bonds is 3. The van der Waals surface area contributed by atoms with E-state index in [0.717, 1.165) is 11.3 Å². The molecule has 3 rings (SSSR count). The van der Waals surface area contributed by atoms with Crippen LogP contribution in [0.1, 0.15) is 0 Å². The number of anilines is 1. The van der Waals surface area contributed by atoms with Gasteiger partial charge in [0.05, 0.1) is 5.69 Å². The first kappa shape index (κ1) is 14.8. The third kappa shape index (κ3) is 3.21. The second-order valence-corrected chi connectivity index (χ2v) is 5.21. The zero-order chi connectivity index (χ0) is 16.2. The molecule has 3 aromatic rings. The van der Waals surface area contributed by atoms with Gasteiger partial charge in [-0.2, -0.15) is 0 Å². The van der Waals surface area contributed by atoms with Gasteiger partial charge in [0, 0.05) is 19.7 Å². The van der Waals surface area contributed by atoms with Gasteiger partial charge < -0.3 is 4.90 Å². The standard InChI is InChI=1S/C17H17N5O/c1-21(2)17(23)18-16-15(13-9-5-3-6-10-13)19-22(20-16)14-11-7-4-8-12-14/h3-12H,1-2H3,(H,18,20,23). The van der Waals surface area contributed by atoms with Crippen LogP contribution in [0.4, 0.5) is 10.6 Å². The van der Waals surface area contributed by atoms with E-state index in [1.807, 2.05) is 60.7 Å². The van der Waals surface area contributed by atoms with E-state index in [4.69, 9.17) is 0 Å². The molecule has 0 aliphatic heterocycles. The van der Waals surface area contributed by atoms with Crippen LogP contribution in [0.25, 0.3) is 16.9 Å². The Bertz CT molecular complexity index is 796. The van der Waals surface area contributed by atoms with Crippen LogP contribution in [0.15, 0.2) is 60.7 Å². The summed E-state index contributed by atoms with van der Waals surface area (Å²) in [5.74, 6) is 0.429. The lowest BCUT2D eigenvalue weighted by Crippen LogP contribution is -2.27. The molecule has 2 amide bonds. The van der Waals surface area contributed by atoms with Gasteiger partial charge in [-0.05, 0) is 12.1 Å². The van der Waals surface area contributed by atoms with Gasteiger partial charge in [0.2, 0.25) is 0 Å². The monoisotopic (exact) mass is 307 g/mol. The number of carbonyl (C=O) groups excluding carboxylic acids is 1. The van der Waals surface area contributed by atoms with E-state index in [0.29, 0.717) is 11.5 Å². The summed E-state index contributed by atoms with van der Waals surface area (Å²) in [6.07, 6.45) is 0. The van der Waals surface area contributed by atoms with Gasteiger partial charge in [-0.15, -0.1) is 15.0 Å². The van der Waals surface area contributed by atoms with E-state index in [2.05, 4.69) is 15.5 Å². The molecule has 6 heteroatoms. The molecule has 6 nitrogen and oxygen atoms in total. The predicted molar refractivity (Wildman–Crippen MR) is 89.5 cm³/mol. The van der Waals surface area contributed by atoms with Crippen molar-refractivity contribution in [1.29, 1.82) is 0 Å². The van der Waals surface area contributed by atoms with Crippen LogP contribution < -0.4 is 5.32 Å². The Labute approximate surface area is 134 Å². The third-order valence-electron chi connectivity index (χ3n) is 3.28. The highest BCUT2D eigenvalue weighted by Gasteiger charge is 2.17. The van der Waals surface area contributed by atoms with Crippen LogP contribution in [-0.4, -0.2) is 40.0 Å². The maximum atomic E-state index is 12.0. The first-order valence-electron chi connectivity index (χ1n) is 7.21. The van der Waals surface area contributed by atoms with Crippen molar-refractivity contribution in [2.45, 2.75) is 0 Å². The molecule has 0 fully saturated rings. The van der Waals surface area contributed by atoms with Crippen LogP contribution in [0.3, 0.4) is 0 Å². The number of amides is 2. The minimum Gasteiger partial charge on any atom is -0.331 e. The predicted octanol–water partition coefficient (Wildman–Crippen LogP) is 3.03. The lowest BCUT2D eigenvalue weighted by Gasteiger charge is -2.10. The van der Waals surface area contributed by atoms with Gasteiger partial charge in [0.25, 0.3) is 0 Å². The fraction of sp³-hybridized carbons (Fsp3) is 0.118. The van der Waals surface area contributed by atoms with Crippen molar-refractivity contribution in [3.63, 3.8) is 0 Å². The number of para-hydroxylation sites is 1. The Morgan fingerprint density at radius 2 is 1.57 bits per heavy atom. The van der Waals surface area contributed by atoms with Gasteiger partial charge >= 0.3 is 6.03 Å². The number of nitrogens with one attached hydrogen (secondary N) is 1. The second-order valence-electron chi connectivity index (χ2n) is 5.21. The lowest BCUT2D eigenvalue weighted by molar-refractivity contribution is 0.230. The maximum Gasteiger partial charge on any atom is 0.322 e.